The number of likely N-dealkylation sites (N-methyl/N-ethyl adjacent to an activating group) is 1. The average molecular weight is 229 g/mol. The topological polar surface area (TPSA) is 58.8 Å². The summed E-state index contributed by atoms with van der Waals surface area (Å²) >= 11 is 0. The zero-order chi connectivity index (χ0) is 12.0. The van der Waals surface area contributed by atoms with E-state index in [1.54, 1.807) is 7.11 Å². The van der Waals surface area contributed by atoms with Crippen molar-refractivity contribution in [1.29, 1.82) is 0 Å². The van der Waals surface area contributed by atoms with Crippen LogP contribution in [0.2, 0.25) is 0 Å². The Kier molecular flexibility index (Phi) is 5.73. The van der Waals surface area contributed by atoms with Crippen molar-refractivity contribution in [2.24, 2.45) is 5.73 Å². The van der Waals surface area contributed by atoms with Crippen molar-refractivity contribution < 1.29 is 9.53 Å². The molecule has 1 unspecified atom stereocenters. The van der Waals surface area contributed by atoms with Crippen molar-refractivity contribution >= 4 is 5.91 Å². The van der Waals surface area contributed by atoms with E-state index >= 15 is 0 Å². The molecule has 5 nitrogen and oxygen atoms in total. The Morgan fingerprint density at radius 1 is 1.50 bits per heavy atom. The van der Waals surface area contributed by atoms with Crippen LogP contribution in [0.5, 0.6) is 0 Å². The first kappa shape index (κ1) is 13.4. The van der Waals surface area contributed by atoms with Crippen molar-refractivity contribution in [2.75, 3.05) is 46.9 Å². The van der Waals surface area contributed by atoms with Crippen LogP contribution in [0.1, 0.15) is 12.8 Å². The van der Waals surface area contributed by atoms with Crippen LogP contribution in [0, 0.1) is 0 Å². The number of ether oxygens (including phenoxy) is 1. The van der Waals surface area contributed by atoms with Gasteiger partial charge in [-0.2, -0.15) is 0 Å². The maximum atomic E-state index is 11.8. The number of hydrogen-bond acceptors (Lipinski definition) is 4. The number of nitrogens with two attached hydrogens (primary N) is 1. The molecular weight excluding hydrogens is 206 g/mol. The van der Waals surface area contributed by atoms with E-state index in [1.807, 2.05) is 16.8 Å². The van der Waals surface area contributed by atoms with E-state index in [0.717, 1.165) is 25.9 Å². The van der Waals surface area contributed by atoms with Crippen LogP contribution >= 0.6 is 0 Å². The molecule has 0 aromatic carbocycles. The van der Waals surface area contributed by atoms with Crippen molar-refractivity contribution in [2.45, 2.75) is 18.9 Å². The lowest BCUT2D eigenvalue weighted by Crippen LogP contribution is -2.43. The highest BCUT2D eigenvalue weighted by Crippen LogP contribution is 2.07. The zero-order valence-electron chi connectivity index (χ0n) is 10.3. The highest BCUT2D eigenvalue weighted by molar-refractivity contribution is 5.78. The van der Waals surface area contributed by atoms with Gasteiger partial charge in [0.15, 0.2) is 0 Å². The molecule has 5 heteroatoms. The Balaban J connectivity index is 2.22. The Morgan fingerprint density at radius 2 is 2.12 bits per heavy atom. The normalized spacial score (nSPS) is 18.1. The smallest absolute Gasteiger partial charge is 0.236 e. The van der Waals surface area contributed by atoms with Crippen LogP contribution in [0.4, 0.5) is 0 Å². The van der Waals surface area contributed by atoms with E-state index in [0.29, 0.717) is 19.7 Å². The molecular formula is C11H23N3O2. The van der Waals surface area contributed by atoms with Gasteiger partial charge in [0.25, 0.3) is 0 Å². The monoisotopic (exact) mass is 229 g/mol. The van der Waals surface area contributed by atoms with Gasteiger partial charge in [-0.25, -0.2) is 0 Å². The number of nitrogens with zero attached hydrogens (tertiary/aromatic N) is 2. The second kappa shape index (κ2) is 6.83. The Labute approximate surface area is 97.5 Å². The van der Waals surface area contributed by atoms with Crippen LogP contribution in [-0.4, -0.2) is 68.7 Å². The minimum atomic E-state index is -0.0265. The van der Waals surface area contributed by atoms with Gasteiger partial charge in [0.1, 0.15) is 0 Å². The van der Waals surface area contributed by atoms with Crippen LogP contribution in [0.3, 0.4) is 0 Å². The minimum absolute atomic E-state index is 0.0265. The summed E-state index contributed by atoms with van der Waals surface area (Å²) in [7, 11) is 3.55. The van der Waals surface area contributed by atoms with Crippen LogP contribution in [0.15, 0.2) is 0 Å². The van der Waals surface area contributed by atoms with Crippen LogP contribution in [-0.2, 0) is 9.53 Å². The molecule has 1 aliphatic heterocycles. The third kappa shape index (κ3) is 4.47. The molecule has 1 heterocycles. The van der Waals surface area contributed by atoms with E-state index in [-0.39, 0.29) is 11.9 Å². The first-order chi connectivity index (χ1) is 7.63. The summed E-state index contributed by atoms with van der Waals surface area (Å²) in [6.45, 7) is 3.50. The predicted molar refractivity (Wildman–Crippen MR) is 63.2 cm³/mol. The highest BCUT2D eigenvalue weighted by atomic mass is 16.5. The molecule has 0 bridgehead atoms. The number of carbonyl (C=O) groups is 1. The summed E-state index contributed by atoms with van der Waals surface area (Å²) in [4.78, 5) is 15.7. The van der Waals surface area contributed by atoms with Gasteiger partial charge >= 0.3 is 0 Å². The Morgan fingerprint density at radius 3 is 2.69 bits per heavy atom. The summed E-state index contributed by atoms with van der Waals surface area (Å²) in [6, 6.07) is -0.0265. The highest BCUT2D eigenvalue weighted by Gasteiger charge is 2.19. The van der Waals surface area contributed by atoms with Crippen LogP contribution in [0.25, 0.3) is 0 Å². The van der Waals surface area contributed by atoms with Crippen molar-refractivity contribution in [3.63, 3.8) is 0 Å². The van der Waals surface area contributed by atoms with Gasteiger partial charge in [0, 0.05) is 32.8 Å². The van der Waals surface area contributed by atoms with Gasteiger partial charge in [0.2, 0.25) is 5.91 Å². The first-order valence-corrected chi connectivity index (χ1v) is 5.84. The standard InChI is InChI=1S/C11H23N3O2/c1-13(7-10(12)9-16-2)8-11(15)14-5-3-4-6-14/h10H,3-9,12H2,1-2H3. The van der Waals surface area contributed by atoms with Crippen LogP contribution < -0.4 is 5.73 Å². The average Bonchev–Trinajstić information content (AvgIpc) is 2.69. The molecule has 1 aliphatic rings. The molecule has 0 aromatic heterocycles. The van der Waals surface area contributed by atoms with Gasteiger partial charge in [-0.05, 0) is 19.9 Å². The van der Waals surface area contributed by atoms with Gasteiger partial charge < -0.3 is 15.4 Å². The van der Waals surface area contributed by atoms with E-state index in [2.05, 4.69) is 0 Å². The number of carbonyl (C=O) groups excluding carboxylic acids is 1. The third-order valence-corrected chi connectivity index (χ3v) is 2.79. The molecule has 0 aliphatic carbocycles. The second-order valence-corrected chi connectivity index (χ2v) is 4.50. The predicted octanol–water partition coefficient (Wildman–Crippen LogP) is -0.486. The molecule has 94 valence electrons. The molecule has 0 radical (unpaired) electrons. The molecule has 2 N–H and O–H groups in total. The Bertz CT molecular complexity index is 217. The lowest BCUT2D eigenvalue weighted by molar-refractivity contribution is -0.131. The van der Waals surface area contributed by atoms with Crippen molar-refractivity contribution in [3.05, 3.63) is 0 Å². The maximum absolute atomic E-state index is 11.8. The fraction of sp³-hybridized carbons (Fsp3) is 0.909. The molecule has 16 heavy (non-hydrogen) atoms. The Hall–Kier alpha value is -0.650. The molecule has 0 aromatic rings. The fourth-order valence-electron chi connectivity index (χ4n) is 2.03. The van der Waals surface area contributed by atoms with Gasteiger partial charge in [-0.15, -0.1) is 0 Å². The number of likely N-dealkylation sites (tertiary alicyclic amines) is 1. The molecule has 1 amide bonds. The van der Waals surface area contributed by atoms with E-state index in [9.17, 15) is 4.79 Å². The lowest BCUT2D eigenvalue weighted by atomic mass is 10.3. The summed E-state index contributed by atoms with van der Waals surface area (Å²) in [5.74, 6) is 0.213. The first-order valence-electron chi connectivity index (χ1n) is 5.84. The summed E-state index contributed by atoms with van der Waals surface area (Å²) in [5, 5.41) is 0. The van der Waals surface area contributed by atoms with E-state index in [4.69, 9.17) is 10.5 Å². The van der Waals surface area contributed by atoms with E-state index < -0.39 is 0 Å². The largest absolute Gasteiger partial charge is 0.383 e. The van der Waals surface area contributed by atoms with Gasteiger partial charge in [-0.3, -0.25) is 9.69 Å². The molecule has 1 saturated heterocycles. The summed E-state index contributed by atoms with van der Waals surface area (Å²) < 4.78 is 4.96. The maximum Gasteiger partial charge on any atom is 0.236 e. The van der Waals surface area contributed by atoms with Crippen molar-refractivity contribution in [1.82, 2.24) is 9.80 Å². The molecule has 1 fully saturated rings. The summed E-state index contributed by atoms with van der Waals surface area (Å²) in [6.07, 6.45) is 2.28. The lowest BCUT2D eigenvalue weighted by Gasteiger charge is -2.23. The fourth-order valence-corrected chi connectivity index (χ4v) is 2.03. The molecule has 0 saturated carbocycles. The molecule has 1 rings (SSSR count). The van der Waals surface area contributed by atoms with Gasteiger partial charge in [0.05, 0.1) is 13.2 Å². The molecule has 0 spiro atoms. The SMILES string of the molecule is COCC(N)CN(C)CC(=O)N1CCCC1. The van der Waals surface area contributed by atoms with E-state index in [1.165, 1.54) is 0 Å². The number of hydrogen-bond donors (Lipinski definition) is 1. The number of methoxy groups -OCH3 is 1. The quantitative estimate of drug-likeness (QED) is 0.668. The summed E-state index contributed by atoms with van der Waals surface area (Å²) in [5.41, 5.74) is 5.82. The number of amides is 1. The third-order valence-electron chi connectivity index (χ3n) is 2.79. The van der Waals surface area contributed by atoms with Crippen molar-refractivity contribution in [3.8, 4) is 0 Å². The molecule has 1 atom stereocenters. The number of rotatable bonds is 6. The second-order valence-electron chi connectivity index (χ2n) is 4.50. The zero-order valence-corrected chi connectivity index (χ0v) is 10.3. The minimum Gasteiger partial charge on any atom is -0.383 e. The van der Waals surface area contributed by atoms with Gasteiger partial charge in [-0.1, -0.05) is 0 Å².